The molecule has 0 spiro atoms. The van der Waals surface area contributed by atoms with Crippen molar-refractivity contribution < 1.29 is 0 Å². The molecule has 2 rings (SSSR count). The average Bonchev–Trinajstić information content (AvgIpc) is 2.78. The summed E-state index contributed by atoms with van der Waals surface area (Å²) in [7, 11) is 0. The van der Waals surface area contributed by atoms with E-state index in [4.69, 9.17) is 0 Å². The van der Waals surface area contributed by atoms with E-state index < -0.39 is 0 Å². The average molecular weight is 252 g/mol. The maximum Gasteiger partial charge on any atom is 0.0345 e. The third kappa shape index (κ3) is 5.88. The van der Waals surface area contributed by atoms with Crippen LogP contribution in [0.25, 0.3) is 10.1 Å². The van der Waals surface area contributed by atoms with Crippen molar-refractivity contribution in [1.29, 1.82) is 0 Å². The van der Waals surface area contributed by atoms with Crippen molar-refractivity contribution in [3.05, 3.63) is 34.7 Å². The molecule has 1 aromatic heterocycles. The summed E-state index contributed by atoms with van der Waals surface area (Å²) in [6.45, 7) is 16.3. The van der Waals surface area contributed by atoms with Gasteiger partial charge in [0.25, 0.3) is 0 Å². The molecule has 1 aromatic carbocycles. The molecule has 0 amide bonds. The second-order valence-electron chi connectivity index (χ2n) is 2.92. The van der Waals surface area contributed by atoms with Gasteiger partial charge in [0.15, 0.2) is 0 Å². The number of aryl methyl sites for hydroxylation is 2. The molecule has 17 heavy (non-hydrogen) atoms. The smallest absolute Gasteiger partial charge is 0.0345 e. The molecule has 2 aromatic rings. The van der Waals surface area contributed by atoms with Crippen molar-refractivity contribution in [3.63, 3.8) is 0 Å². The summed E-state index contributed by atoms with van der Waals surface area (Å²) in [5.74, 6) is 0. The van der Waals surface area contributed by atoms with E-state index >= 15 is 0 Å². The number of fused-ring (bicyclic) bond motifs is 1. The summed E-state index contributed by atoms with van der Waals surface area (Å²) in [5, 5.41) is 3.62. The van der Waals surface area contributed by atoms with Gasteiger partial charge >= 0.3 is 0 Å². The fourth-order valence-corrected chi connectivity index (χ4v) is 2.19. The van der Waals surface area contributed by atoms with Crippen LogP contribution in [-0.2, 0) is 0 Å². The zero-order valence-corrected chi connectivity index (χ0v) is 13.5. The summed E-state index contributed by atoms with van der Waals surface area (Å²) in [4.78, 5) is 0. The molecule has 1 heterocycles. The Hall–Kier alpha value is -0.820. The Labute approximate surface area is 112 Å². The molecule has 0 unspecified atom stereocenters. The number of hydrogen-bond donors (Lipinski definition) is 0. The molecule has 0 aliphatic rings. The third-order valence-corrected chi connectivity index (χ3v) is 3.00. The number of thiophene rings is 1. The van der Waals surface area contributed by atoms with Gasteiger partial charge in [-0.15, -0.1) is 11.3 Å². The largest absolute Gasteiger partial charge is 0.144 e. The van der Waals surface area contributed by atoms with Crippen molar-refractivity contribution in [3.8, 4) is 0 Å². The SMILES string of the molecule is CC.CC.CC.Cc1ccc2scc(C)c2c1. The predicted molar refractivity (Wildman–Crippen MR) is 85.3 cm³/mol. The van der Waals surface area contributed by atoms with Crippen LogP contribution in [0.4, 0.5) is 0 Å². The zero-order valence-electron chi connectivity index (χ0n) is 12.7. The van der Waals surface area contributed by atoms with E-state index in [1.165, 1.54) is 21.2 Å². The number of benzene rings is 1. The Balaban J connectivity index is 0. The Morgan fingerprint density at radius 2 is 1.35 bits per heavy atom. The van der Waals surface area contributed by atoms with Gasteiger partial charge in [-0.05, 0) is 36.2 Å². The van der Waals surface area contributed by atoms with Gasteiger partial charge in [0.1, 0.15) is 0 Å². The molecule has 0 atom stereocenters. The van der Waals surface area contributed by atoms with Crippen LogP contribution in [0.3, 0.4) is 0 Å². The Morgan fingerprint density at radius 3 is 1.88 bits per heavy atom. The summed E-state index contributed by atoms with van der Waals surface area (Å²) < 4.78 is 1.40. The van der Waals surface area contributed by atoms with Crippen LogP contribution in [0.1, 0.15) is 52.7 Å². The first kappa shape index (κ1) is 18.5. The molecule has 0 bridgehead atoms. The highest BCUT2D eigenvalue weighted by atomic mass is 32.1. The molecule has 1 heteroatoms. The van der Waals surface area contributed by atoms with Gasteiger partial charge in [-0.1, -0.05) is 59.2 Å². The lowest BCUT2D eigenvalue weighted by Crippen LogP contribution is -1.70. The van der Waals surface area contributed by atoms with Gasteiger partial charge < -0.3 is 0 Å². The third-order valence-electron chi connectivity index (χ3n) is 1.92. The molecule has 0 fully saturated rings. The van der Waals surface area contributed by atoms with Crippen molar-refractivity contribution in [2.24, 2.45) is 0 Å². The van der Waals surface area contributed by atoms with Gasteiger partial charge in [-0.3, -0.25) is 0 Å². The molecule has 0 radical (unpaired) electrons. The van der Waals surface area contributed by atoms with Crippen molar-refractivity contribution in [2.45, 2.75) is 55.4 Å². The van der Waals surface area contributed by atoms with Crippen LogP contribution in [0.2, 0.25) is 0 Å². The van der Waals surface area contributed by atoms with Gasteiger partial charge in [0.05, 0.1) is 0 Å². The van der Waals surface area contributed by atoms with Crippen LogP contribution in [-0.4, -0.2) is 0 Å². The van der Waals surface area contributed by atoms with Crippen molar-refractivity contribution >= 4 is 21.4 Å². The van der Waals surface area contributed by atoms with Crippen molar-refractivity contribution in [1.82, 2.24) is 0 Å². The second-order valence-corrected chi connectivity index (χ2v) is 3.83. The molecule has 0 saturated carbocycles. The zero-order chi connectivity index (χ0) is 13.8. The minimum Gasteiger partial charge on any atom is -0.144 e. The second kappa shape index (κ2) is 11.7. The number of rotatable bonds is 0. The van der Waals surface area contributed by atoms with E-state index in [2.05, 4.69) is 37.4 Å². The number of hydrogen-bond acceptors (Lipinski definition) is 1. The summed E-state index contributed by atoms with van der Waals surface area (Å²) in [6, 6.07) is 6.61. The lowest BCUT2D eigenvalue weighted by molar-refractivity contribution is 1.50. The van der Waals surface area contributed by atoms with Crippen LogP contribution >= 0.6 is 11.3 Å². The first-order valence-electron chi connectivity index (χ1n) is 6.72. The summed E-state index contributed by atoms with van der Waals surface area (Å²) >= 11 is 1.82. The molecule has 98 valence electrons. The van der Waals surface area contributed by atoms with Gasteiger partial charge in [0.2, 0.25) is 0 Å². The standard InChI is InChI=1S/C10H10S.3C2H6/c1-7-3-4-10-9(5-7)8(2)6-11-10;3*1-2/h3-6H,1-2H3;3*1-2H3. The van der Waals surface area contributed by atoms with Crippen LogP contribution in [0.5, 0.6) is 0 Å². The van der Waals surface area contributed by atoms with Gasteiger partial charge in [0, 0.05) is 4.70 Å². The van der Waals surface area contributed by atoms with E-state index in [1.807, 2.05) is 52.9 Å². The molecular weight excluding hydrogens is 224 g/mol. The van der Waals surface area contributed by atoms with Crippen LogP contribution in [0.15, 0.2) is 23.6 Å². The topological polar surface area (TPSA) is 0 Å². The Kier molecular flexibility index (Phi) is 12.7. The first-order valence-corrected chi connectivity index (χ1v) is 7.60. The van der Waals surface area contributed by atoms with Gasteiger partial charge in [-0.25, -0.2) is 0 Å². The van der Waals surface area contributed by atoms with Crippen LogP contribution < -0.4 is 0 Å². The summed E-state index contributed by atoms with van der Waals surface area (Å²) in [6.07, 6.45) is 0. The highest BCUT2D eigenvalue weighted by Gasteiger charge is 1.97. The molecular formula is C16H28S. The molecule has 0 saturated heterocycles. The Bertz CT molecular complexity index is 385. The highest BCUT2D eigenvalue weighted by molar-refractivity contribution is 7.17. The molecule has 0 nitrogen and oxygen atoms in total. The fourth-order valence-electron chi connectivity index (χ4n) is 1.27. The van der Waals surface area contributed by atoms with Crippen LogP contribution in [0, 0.1) is 13.8 Å². The lowest BCUT2D eigenvalue weighted by atomic mass is 10.1. The monoisotopic (exact) mass is 252 g/mol. The predicted octanol–water partition coefficient (Wildman–Crippen LogP) is 6.60. The quantitative estimate of drug-likeness (QED) is 0.495. The molecule has 0 aliphatic heterocycles. The van der Waals surface area contributed by atoms with E-state index in [0.29, 0.717) is 0 Å². The van der Waals surface area contributed by atoms with Crippen molar-refractivity contribution in [2.75, 3.05) is 0 Å². The lowest BCUT2D eigenvalue weighted by Gasteiger charge is -1.92. The fraction of sp³-hybridized carbons (Fsp3) is 0.500. The minimum absolute atomic E-state index is 1.35. The minimum atomic E-state index is 1.35. The first-order chi connectivity index (χ1) is 8.27. The summed E-state index contributed by atoms with van der Waals surface area (Å²) in [5.41, 5.74) is 2.74. The maximum absolute atomic E-state index is 2.25. The van der Waals surface area contributed by atoms with E-state index in [1.54, 1.807) is 0 Å². The highest BCUT2D eigenvalue weighted by Crippen LogP contribution is 2.25. The van der Waals surface area contributed by atoms with E-state index in [0.717, 1.165) is 0 Å². The van der Waals surface area contributed by atoms with E-state index in [-0.39, 0.29) is 0 Å². The van der Waals surface area contributed by atoms with E-state index in [9.17, 15) is 0 Å². The molecule has 0 aliphatic carbocycles. The molecule has 0 N–H and O–H groups in total. The maximum atomic E-state index is 2.25. The Morgan fingerprint density at radius 1 is 0.824 bits per heavy atom. The van der Waals surface area contributed by atoms with Gasteiger partial charge in [-0.2, -0.15) is 0 Å². The normalized spacial score (nSPS) is 8.00.